The lowest BCUT2D eigenvalue weighted by Gasteiger charge is -2.33. The quantitative estimate of drug-likeness (QED) is 0.743. The molecule has 0 bridgehead atoms. The second-order valence-electron chi connectivity index (χ2n) is 8.48. The van der Waals surface area contributed by atoms with E-state index in [0.29, 0.717) is 25.7 Å². The van der Waals surface area contributed by atoms with Crippen molar-refractivity contribution in [3.63, 3.8) is 0 Å². The first-order chi connectivity index (χ1) is 13.3. The van der Waals surface area contributed by atoms with Gasteiger partial charge >= 0.3 is 11.7 Å². The molecule has 4 rings (SSSR count). The molecule has 28 heavy (non-hydrogen) atoms. The summed E-state index contributed by atoms with van der Waals surface area (Å²) in [5.41, 5.74) is -2.45. The lowest BCUT2D eigenvalue weighted by molar-refractivity contribution is -0.148. The minimum Gasteiger partial charge on any atom is -0.481 e. The molecule has 1 aromatic rings. The Morgan fingerprint density at radius 1 is 1.14 bits per heavy atom. The summed E-state index contributed by atoms with van der Waals surface area (Å²) in [7, 11) is 1.45. The van der Waals surface area contributed by atoms with Gasteiger partial charge in [-0.3, -0.25) is 24.3 Å². The minimum absolute atomic E-state index is 0.0946. The Hall–Kier alpha value is -2.42. The molecule has 2 N–H and O–H groups in total. The molecule has 3 heterocycles. The number of aliphatic carboxylic acids is 1. The fraction of sp³-hybridized carbons (Fsp3) is 0.684. The van der Waals surface area contributed by atoms with Crippen molar-refractivity contribution in [3.8, 4) is 0 Å². The lowest BCUT2D eigenvalue weighted by atomic mass is 9.81. The van der Waals surface area contributed by atoms with Gasteiger partial charge in [-0.25, -0.2) is 4.79 Å². The number of aryl methyl sites for hydroxylation is 1. The van der Waals surface area contributed by atoms with Crippen molar-refractivity contribution >= 4 is 11.9 Å². The Balaban J connectivity index is 1.56. The summed E-state index contributed by atoms with van der Waals surface area (Å²) in [6, 6.07) is 0.436. The van der Waals surface area contributed by atoms with Crippen LogP contribution in [-0.4, -0.2) is 68.6 Å². The first-order valence-electron chi connectivity index (χ1n) is 9.88. The number of aromatic amines is 1. The molecule has 0 aromatic carbocycles. The highest BCUT2D eigenvalue weighted by atomic mass is 16.4. The lowest BCUT2D eigenvalue weighted by Crippen LogP contribution is -2.45. The number of nitrogens with zero attached hydrogens (tertiary/aromatic N) is 3. The average molecular weight is 390 g/mol. The van der Waals surface area contributed by atoms with E-state index < -0.39 is 28.5 Å². The summed E-state index contributed by atoms with van der Waals surface area (Å²) in [4.78, 5) is 54.6. The Kier molecular flexibility index (Phi) is 4.65. The molecule has 0 spiro atoms. The number of amides is 1. The van der Waals surface area contributed by atoms with E-state index in [-0.39, 0.29) is 18.0 Å². The average Bonchev–Trinajstić information content (AvgIpc) is 3.21. The standard InChI is InChI=1S/C19H26N4O5/c1-21-9-14(15(24)20-18(21)28)16(25)23-8-12-7-22(13-5-3-2-4-6-13)10-19(12,11-23)17(26)27/h9,12-13H,2-8,10-11H2,1H3,(H,26,27)(H,20,24,28)/t12-,19-/m1/s1. The molecule has 3 aliphatic rings. The summed E-state index contributed by atoms with van der Waals surface area (Å²) >= 11 is 0. The van der Waals surface area contributed by atoms with Crippen molar-refractivity contribution in [2.45, 2.75) is 38.1 Å². The number of carboxylic acids is 1. The molecule has 0 radical (unpaired) electrons. The number of aromatic nitrogens is 2. The number of carbonyl (C=O) groups excluding carboxylic acids is 1. The van der Waals surface area contributed by atoms with Gasteiger partial charge in [0.1, 0.15) is 11.0 Å². The van der Waals surface area contributed by atoms with Gasteiger partial charge in [0.05, 0.1) is 0 Å². The molecule has 0 unspecified atom stereocenters. The van der Waals surface area contributed by atoms with Gasteiger partial charge in [0.25, 0.3) is 11.5 Å². The van der Waals surface area contributed by atoms with Gasteiger partial charge < -0.3 is 14.6 Å². The van der Waals surface area contributed by atoms with E-state index in [0.717, 1.165) is 17.4 Å². The van der Waals surface area contributed by atoms with E-state index in [4.69, 9.17) is 0 Å². The fourth-order valence-corrected chi connectivity index (χ4v) is 5.17. The molecule has 9 heteroatoms. The molecular formula is C19H26N4O5. The van der Waals surface area contributed by atoms with Crippen molar-refractivity contribution in [1.82, 2.24) is 19.4 Å². The third kappa shape index (κ3) is 2.97. The number of carboxylic acid groups (broad SMARTS) is 1. The normalized spacial score (nSPS) is 28.5. The topological polar surface area (TPSA) is 116 Å². The van der Waals surface area contributed by atoms with Crippen LogP contribution in [0.1, 0.15) is 42.5 Å². The van der Waals surface area contributed by atoms with Crippen molar-refractivity contribution in [2.24, 2.45) is 18.4 Å². The summed E-state index contributed by atoms with van der Waals surface area (Å²) in [6.45, 7) is 1.53. The van der Waals surface area contributed by atoms with Crippen LogP contribution in [0.2, 0.25) is 0 Å². The van der Waals surface area contributed by atoms with Gasteiger partial charge in [-0.1, -0.05) is 19.3 Å². The van der Waals surface area contributed by atoms with E-state index >= 15 is 0 Å². The third-order valence-electron chi connectivity index (χ3n) is 6.78. The maximum absolute atomic E-state index is 12.9. The maximum atomic E-state index is 12.9. The highest BCUT2D eigenvalue weighted by Crippen LogP contribution is 2.45. The molecule has 2 saturated heterocycles. The summed E-state index contributed by atoms with van der Waals surface area (Å²) < 4.78 is 1.14. The maximum Gasteiger partial charge on any atom is 0.328 e. The molecule has 1 aliphatic carbocycles. The van der Waals surface area contributed by atoms with Crippen LogP contribution in [0.15, 0.2) is 15.8 Å². The van der Waals surface area contributed by atoms with Crippen molar-refractivity contribution in [1.29, 1.82) is 0 Å². The largest absolute Gasteiger partial charge is 0.481 e. The number of hydrogen-bond donors (Lipinski definition) is 2. The van der Waals surface area contributed by atoms with Gasteiger partial charge in [0, 0.05) is 51.4 Å². The number of carbonyl (C=O) groups is 2. The number of likely N-dealkylation sites (tertiary alicyclic amines) is 2. The van der Waals surface area contributed by atoms with Crippen LogP contribution < -0.4 is 11.2 Å². The minimum atomic E-state index is -0.986. The fourth-order valence-electron chi connectivity index (χ4n) is 5.17. The van der Waals surface area contributed by atoms with Gasteiger partial charge in [0.2, 0.25) is 0 Å². The van der Waals surface area contributed by atoms with Crippen LogP contribution in [0.3, 0.4) is 0 Å². The van der Waals surface area contributed by atoms with E-state index in [2.05, 4.69) is 9.88 Å². The molecule has 3 fully saturated rings. The Morgan fingerprint density at radius 3 is 2.50 bits per heavy atom. The van der Waals surface area contributed by atoms with Gasteiger partial charge in [-0.15, -0.1) is 0 Å². The van der Waals surface area contributed by atoms with Crippen molar-refractivity contribution < 1.29 is 14.7 Å². The van der Waals surface area contributed by atoms with E-state index in [9.17, 15) is 24.3 Å². The van der Waals surface area contributed by atoms with Crippen LogP contribution >= 0.6 is 0 Å². The molecule has 2 aliphatic heterocycles. The van der Waals surface area contributed by atoms with Gasteiger partial charge in [-0.2, -0.15) is 0 Å². The van der Waals surface area contributed by atoms with Gasteiger partial charge in [0.15, 0.2) is 0 Å². The summed E-state index contributed by atoms with van der Waals surface area (Å²) in [5, 5.41) is 10.0. The number of fused-ring (bicyclic) bond motifs is 1. The Bertz CT molecular complexity index is 916. The summed E-state index contributed by atoms with van der Waals surface area (Å²) in [6.07, 6.45) is 7.06. The zero-order chi connectivity index (χ0) is 20.1. The monoisotopic (exact) mass is 390 g/mol. The first-order valence-corrected chi connectivity index (χ1v) is 9.88. The molecule has 1 saturated carbocycles. The zero-order valence-corrected chi connectivity index (χ0v) is 16.0. The van der Waals surface area contributed by atoms with E-state index in [1.165, 1.54) is 37.4 Å². The van der Waals surface area contributed by atoms with Crippen LogP contribution in [0.5, 0.6) is 0 Å². The van der Waals surface area contributed by atoms with Crippen LogP contribution in [0, 0.1) is 11.3 Å². The predicted molar refractivity (Wildman–Crippen MR) is 100 cm³/mol. The SMILES string of the molecule is Cn1cc(C(=O)N2C[C@H]3CN(C4CCCCC4)C[C@@]3(C(=O)O)C2)c(=O)[nH]c1=O. The predicted octanol–water partition coefficient (Wildman–Crippen LogP) is -0.135. The first kappa shape index (κ1) is 18.9. The van der Waals surface area contributed by atoms with Crippen LogP contribution in [-0.2, 0) is 11.8 Å². The zero-order valence-electron chi connectivity index (χ0n) is 16.0. The molecular weight excluding hydrogens is 364 g/mol. The Morgan fingerprint density at radius 2 is 1.86 bits per heavy atom. The van der Waals surface area contributed by atoms with Crippen LogP contribution in [0.25, 0.3) is 0 Å². The molecule has 1 amide bonds. The second kappa shape index (κ2) is 6.88. The van der Waals surface area contributed by atoms with Crippen molar-refractivity contribution in [2.75, 3.05) is 26.2 Å². The number of nitrogens with one attached hydrogen (secondary N) is 1. The number of hydrogen-bond acceptors (Lipinski definition) is 5. The number of H-pyrrole nitrogens is 1. The molecule has 2 atom stereocenters. The second-order valence-corrected chi connectivity index (χ2v) is 8.48. The molecule has 152 valence electrons. The third-order valence-corrected chi connectivity index (χ3v) is 6.78. The van der Waals surface area contributed by atoms with Crippen molar-refractivity contribution in [3.05, 3.63) is 32.6 Å². The highest BCUT2D eigenvalue weighted by Gasteiger charge is 2.59. The smallest absolute Gasteiger partial charge is 0.328 e. The summed E-state index contributed by atoms with van der Waals surface area (Å²) in [5.74, 6) is -1.54. The molecule has 1 aromatic heterocycles. The van der Waals surface area contributed by atoms with Gasteiger partial charge in [-0.05, 0) is 12.8 Å². The number of rotatable bonds is 3. The Labute approximate surface area is 161 Å². The molecule has 9 nitrogen and oxygen atoms in total. The van der Waals surface area contributed by atoms with Crippen LogP contribution in [0.4, 0.5) is 0 Å². The van der Waals surface area contributed by atoms with E-state index in [1.807, 2.05) is 0 Å². The highest BCUT2D eigenvalue weighted by molar-refractivity contribution is 5.94. The van der Waals surface area contributed by atoms with E-state index in [1.54, 1.807) is 0 Å².